The van der Waals surface area contributed by atoms with E-state index < -0.39 is 23.1 Å². The molecule has 0 spiro atoms. The molecule has 0 saturated heterocycles. The van der Waals surface area contributed by atoms with Gasteiger partial charge in [0.25, 0.3) is 0 Å². The monoisotopic (exact) mass is 296 g/mol. The van der Waals surface area contributed by atoms with Crippen LogP contribution in [-0.2, 0) is 19.1 Å². The second kappa shape index (κ2) is 6.63. The summed E-state index contributed by atoms with van der Waals surface area (Å²) in [7, 11) is 0. The van der Waals surface area contributed by atoms with E-state index in [4.69, 9.17) is 9.47 Å². The maximum Gasteiger partial charge on any atom is 0.348 e. The molecule has 120 valence electrons. The smallest absolute Gasteiger partial charge is 0.348 e. The molecule has 4 heteroatoms. The molecular weight excluding hydrogens is 268 g/mol. The highest BCUT2D eigenvalue weighted by Gasteiger charge is 2.42. The first-order chi connectivity index (χ1) is 9.68. The predicted octanol–water partition coefficient (Wildman–Crippen LogP) is 3.64. The molecule has 0 aromatic heterocycles. The van der Waals surface area contributed by atoms with Crippen molar-refractivity contribution in [2.24, 2.45) is 11.3 Å². The van der Waals surface area contributed by atoms with Gasteiger partial charge in [-0.15, -0.1) is 0 Å². The number of carbonyl (C=O) groups is 2. The lowest BCUT2D eigenvalue weighted by Crippen LogP contribution is -2.41. The van der Waals surface area contributed by atoms with Gasteiger partial charge < -0.3 is 9.47 Å². The zero-order chi connectivity index (χ0) is 16.3. The number of esters is 2. The van der Waals surface area contributed by atoms with E-state index in [1.807, 2.05) is 6.92 Å². The van der Waals surface area contributed by atoms with Crippen molar-refractivity contribution in [3.05, 3.63) is 12.7 Å². The van der Waals surface area contributed by atoms with Gasteiger partial charge in [0.2, 0.25) is 0 Å². The van der Waals surface area contributed by atoms with Crippen LogP contribution in [0.5, 0.6) is 0 Å². The summed E-state index contributed by atoms with van der Waals surface area (Å²) in [4.78, 5) is 24.2. The molecule has 1 saturated carbocycles. The Balaban J connectivity index is 2.67. The molecule has 1 fully saturated rings. The number of hydrogen-bond donors (Lipinski definition) is 0. The largest absolute Gasteiger partial charge is 0.452 e. The summed E-state index contributed by atoms with van der Waals surface area (Å²) in [5.74, 6) is -0.626. The van der Waals surface area contributed by atoms with Gasteiger partial charge in [0.05, 0.1) is 5.41 Å². The average molecular weight is 296 g/mol. The van der Waals surface area contributed by atoms with Crippen LogP contribution in [0.15, 0.2) is 12.7 Å². The van der Waals surface area contributed by atoms with Gasteiger partial charge in [-0.1, -0.05) is 20.4 Å². The van der Waals surface area contributed by atoms with E-state index in [-0.39, 0.29) is 11.9 Å². The zero-order valence-corrected chi connectivity index (χ0v) is 13.9. The first-order valence-corrected chi connectivity index (χ1v) is 7.76. The van der Waals surface area contributed by atoms with Crippen molar-refractivity contribution in [2.75, 3.05) is 0 Å². The average Bonchev–Trinajstić information content (AvgIpc) is 2.80. The van der Waals surface area contributed by atoms with E-state index in [2.05, 4.69) is 13.5 Å². The van der Waals surface area contributed by atoms with Gasteiger partial charge in [0.15, 0.2) is 6.10 Å². The Hall–Kier alpha value is -1.32. The summed E-state index contributed by atoms with van der Waals surface area (Å²) < 4.78 is 10.9. The Kier molecular flexibility index (Phi) is 5.60. The molecule has 1 aliphatic carbocycles. The highest BCUT2D eigenvalue weighted by atomic mass is 16.6. The molecule has 3 unspecified atom stereocenters. The van der Waals surface area contributed by atoms with E-state index in [9.17, 15) is 9.59 Å². The Morgan fingerprint density at radius 3 is 2.52 bits per heavy atom. The fraction of sp³-hybridized carbons (Fsp3) is 0.765. The first-order valence-electron chi connectivity index (χ1n) is 7.76. The minimum atomic E-state index is -0.895. The van der Waals surface area contributed by atoms with E-state index in [0.29, 0.717) is 6.42 Å². The van der Waals surface area contributed by atoms with Crippen molar-refractivity contribution in [3.63, 3.8) is 0 Å². The number of ether oxygens (including phenoxy) is 2. The Labute approximate surface area is 127 Å². The number of rotatable bonds is 6. The zero-order valence-electron chi connectivity index (χ0n) is 13.9. The molecule has 21 heavy (non-hydrogen) atoms. The predicted molar refractivity (Wildman–Crippen MR) is 81.7 cm³/mol. The van der Waals surface area contributed by atoms with Crippen molar-refractivity contribution in [1.29, 1.82) is 0 Å². The van der Waals surface area contributed by atoms with Crippen LogP contribution < -0.4 is 0 Å². The van der Waals surface area contributed by atoms with Gasteiger partial charge in [0.1, 0.15) is 5.60 Å². The van der Waals surface area contributed by atoms with Crippen LogP contribution in [0.2, 0.25) is 0 Å². The summed E-state index contributed by atoms with van der Waals surface area (Å²) in [5, 5.41) is 0. The van der Waals surface area contributed by atoms with Crippen LogP contribution in [0.1, 0.15) is 60.3 Å². The molecule has 0 aromatic carbocycles. The van der Waals surface area contributed by atoms with Gasteiger partial charge in [-0.05, 0) is 58.4 Å². The summed E-state index contributed by atoms with van der Waals surface area (Å²) >= 11 is 0. The number of carbonyl (C=O) groups excluding carboxylic acids is 2. The SMILES string of the molecule is C=CC1(OC(=O)C(C)OC(=O)C(C)(C)CC)CCCC1C. The van der Waals surface area contributed by atoms with Crippen molar-refractivity contribution < 1.29 is 19.1 Å². The fourth-order valence-corrected chi connectivity index (χ4v) is 2.45. The van der Waals surface area contributed by atoms with Crippen molar-refractivity contribution >= 4 is 11.9 Å². The Morgan fingerprint density at radius 1 is 1.48 bits per heavy atom. The van der Waals surface area contributed by atoms with Crippen LogP contribution in [0.25, 0.3) is 0 Å². The van der Waals surface area contributed by atoms with Gasteiger partial charge in [-0.25, -0.2) is 4.79 Å². The number of hydrogen-bond acceptors (Lipinski definition) is 4. The van der Waals surface area contributed by atoms with Crippen LogP contribution in [-0.4, -0.2) is 23.6 Å². The molecule has 0 aromatic rings. The standard InChI is InChI=1S/C17H28O4/c1-7-16(5,6)15(19)20-13(4)14(18)21-17(8-2)11-9-10-12(17)3/h8,12-13H,2,7,9-11H2,1,3-6H3. The third-order valence-electron chi connectivity index (χ3n) is 4.73. The summed E-state index contributed by atoms with van der Waals surface area (Å²) in [5.41, 5.74) is -1.21. The van der Waals surface area contributed by atoms with Gasteiger partial charge in [-0.3, -0.25) is 4.79 Å². The van der Waals surface area contributed by atoms with Crippen LogP contribution in [0, 0.1) is 11.3 Å². The molecule has 1 aliphatic rings. The third-order valence-corrected chi connectivity index (χ3v) is 4.73. The van der Waals surface area contributed by atoms with E-state index >= 15 is 0 Å². The Bertz CT molecular complexity index is 413. The maximum absolute atomic E-state index is 12.2. The van der Waals surface area contributed by atoms with E-state index in [1.54, 1.807) is 26.8 Å². The maximum atomic E-state index is 12.2. The minimum Gasteiger partial charge on any atom is -0.452 e. The summed E-state index contributed by atoms with van der Waals surface area (Å²) in [6.45, 7) is 12.9. The second-order valence-corrected chi connectivity index (χ2v) is 6.66. The van der Waals surface area contributed by atoms with E-state index in [1.165, 1.54) is 0 Å². The highest BCUT2D eigenvalue weighted by molar-refractivity contribution is 5.82. The van der Waals surface area contributed by atoms with Gasteiger partial charge in [-0.2, -0.15) is 0 Å². The van der Waals surface area contributed by atoms with Crippen LogP contribution in [0.4, 0.5) is 0 Å². The van der Waals surface area contributed by atoms with E-state index in [0.717, 1.165) is 19.3 Å². The second-order valence-electron chi connectivity index (χ2n) is 6.66. The highest BCUT2D eigenvalue weighted by Crippen LogP contribution is 2.39. The fourth-order valence-electron chi connectivity index (χ4n) is 2.45. The quantitative estimate of drug-likeness (QED) is 0.554. The molecule has 3 atom stereocenters. The molecule has 0 heterocycles. The molecule has 1 rings (SSSR count). The van der Waals surface area contributed by atoms with Gasteiger partial charge in [0, 0.05) is 0 Å². The summed E-state index contributed by atoms with van der Waals surface area (Å²) in [6, 6.07) is 0. The summed E-state index contributed by atoms with van der Waals surface area (Å²) in [6.07, 6.45) is 4.28. The molecule has 0 radical (unpaired) electrons. The first kappa shape index (κ1) is 17.7. The van der Waals surface area contributed by atoms with Crippen molar-refractivity contribution in [1.82, 2.24) is 0 Å². The minimum absolute atomic E-state index is 0.244. The molecule has 4 nitrogen and oxygen atoms in total. The molecule has 0 amide bonds. The van der Waals surface area contributed by atoms with Gasteiger partial charge >= 0.3 is 11.9 Å². The Morgan fingerprint density at radius 2 is 2.10 bits per heavy atom. The van der Waals surface area contributed by atoms with Crippen molar-refractivity contribution in [2.45, 2.75) is 72.0 Å². The topological polar surface area (TPSA) is 52.6 Å². The lowest BCUT2D eigenvalue weighted by Gasteiger charge is -2.31. The van der Waals surface area contributed by atoms with Crippen LogP contribution >= 0.6 is 0 Å². The lowest BCUT2D eigenvalue weighted by molar-refractivity contribution is -0.180. The molecule has 0 N–H and O–H groups in total. The van der Waals surface area contributed by atoms with Crippen LogP contribution in [0.3, 0.4) is 0 Å². The normalized spacial score (nSPS) is 27.0. The molecule has 0 aliphatic heterocycles. The lowest BCUT2D eigenvalue weighted by atomic mass is 9.90. The molecule has 0 bridgehead atoms. The van der Waals surface area contributed by atoms with Crippen molar-refractivity contribution in [3.8, 4) is 0 Å². The third kappa shape index (κ3) is 3.86. The molecular formula is C17H28O4.